The molecular formula is C128H193NO16. The third-order valence-electron chi connectivity index (χ3n) is 51.3. The van der Waals surface area contributed by atoms with Crippen molar-refractivity contribution in [1.82, 2.24) is 0 Å². The molecule has 40 atom stereocenters. The van der Waals surface area contributed by atoms with Gasteiger partial charge in [0.2, 0.25) is 0 Å². The molecule has 0 radical (unpaired) electrons. The molecule has 0 amide bonds. The number of carbonyl (C=O) groups is 10. The Morgan fingerprint density at radius 2 is 0.717 bits per heavy atom. The molecule has 17 saturated carbocycles. The van der Waals surface area contributed by atoms with Crippen LogP contribution in [-0.2, 0) is 76.4 Å². The minimum absolute atomic E-state index is 0.0298. The summed E-state index contributed by atoms with van der Waals surface area (Å²) in [6.07, 6.45) is 60.1. The normalized spacial score (nSPS) is 48.7. The number of hydrogen-bond acceptors (Lipinski definition) is 17. The smallest absolute Gasteiger partial charge is 0.302 e. The molecule has 17 heteroatoms. The minimum atomic E-state index is -0.283. The molecule has 0 bridgehead atoms. The lowest BCUT2D eigenvalue weighted by Gasteiger charge is -2.60. The molecule has 2 N–H and O–H groups in total. The van der Waals surface area contributed by atoms with Crippen LogP contribution in [0.3, 0.4) is 0 Å². The largest absolute Gasteiger partial charge is 0.462 e. The van der Waals surface area contributed by atoms with Gasteiger partial charge in [0, 0.05) is 101 Å². The number of Topliss-reactive ketones (excluding diaryl/α,β-unsaturated/α-hetero) is 6. The molecule has 0 saturated heterocycles. The first-order chi connectivity index (χ1) is 68.4. The van der Waals surface area contributed by atoms with Crippen LogP contribution in [0.1, 0.15) is 428 Å². The first kappa shape index (κ1) is 109. The molecule has 22 rings (SSSR count). The summed E-state index contributed by atoms with van der Waals surface area (Å²) in [6.45, 7) is 47.9. The van der Waals surface area contributed by atoms with Crippen LogP contribution in [0.25, 0.3) is 0 Å². The third-order valence-corrected chi connectivity index (χ3v) is 51.3. The molecule has 17 fully saturated rings. The van der Waals surface area contributed by atoms with Crippen LogP contribution in [-0.4, -0.2) is 110 Å². The lowest BCUT2D eigenvalue weighted by atomic mass is 9.44. The Morgan fingerprint density at radius 3 is 1.10 bits per heavy atom. The van der Waals surface area contributed by atoms with Gasteiger partial charge in [-0.15, -0.1) is 0 Å². The van der Waals surface area contributed by atoms with Crippen molar-refractivity contribution < 1.29 is 76.4 Å². The summed E-state index contributed by atoms with van der Waals surface area (Å²) in [5.74, 6) is 15.1. The topological polar surface area (TPSA) is 252 Å². The van der Waals surface area contributed by atoms with Crippen molar-refractivity contribution in [2.24, 2.45) is 206 Å². The fourth-order valence-corrected chi connectivity index (χ4v) is 43.9. The number of carbonyl (C=O) groups excluding carboxylic acids is 10. The summed E-state index contributed by atoms with van der Waals surface area (Å²) in [7, 11) is 1.70. The number of esters is 4. The summed E-state index contributed by atoms with van der Waals surface area (Å²) >= 11 is 0. The average Bonchev–Trinajstić information content (AvgIpc) is 1.52. The highest BCUT2D eigenvalue weighted by Crippen LogP contribution is 2.79. The Kier molecular flexibility index (Phi) is 30.4. The van der Waals surface area contributed by atoms with Crippen LogP contribution in [0.2, 0.25) is 0 Å². The van der Waals surface area contributed by atoms with Crippen molar-refractivity contribution in [3.05, 3.63) is 58.2 Å². The molecular weight excluding hydrogens is 1810 g/mol. The monoisotopic (exact) mass is 2000 g/mol. The molecule has 0 aliphatic heterocycles. The van der Waals surface area contributed by atoms with E-state index >= 15 is 0 Å². The number of nitrogens with two attached hydrogens (primary N) is 1. The summed E-state index contributed by atoms with van der Waals surface area (Å²) in [6, 6.07) is 0. The van der Waals surface area contributed by atoms with Gasteiger partial charge in [0.1, 0.15) is 65.9 Å². The Labute approximate surface area is 873 Å². The highest BCUT2D eigenvalue weighted by atomic mass is 16.7. The molecule has 0 aromatic carbocycles. The second kappa shape index (κ2) is 40.4. The Morgan fingerprint density at radius 1 is 0.352 bits per heavy atom. The maximum atomic E-state index is 13.3. The van der Waals surface area contributed by atoms with Crippen LogP contribution in [0.4, 0.5) is 0 Å². The number of rotatable bonds is 14. The van der Waals surface area contributed by atoms with Gasteiger partial charge in [-0.2, -0.15) is 0 Å². The summed E-state index contributed by atoms with van der Waals surface area (Å²) in [5.41, 5.74) is 15.3. The highest BCUT2D eigenvalue weighted by molar-refractivity contribution is 5.90. The van der Waals surface area contributed by atoms with Crippen LogP contribution in [0, 0.1) is 201 Å². The summed E-state index contributed by atoms with van der Waals surface area (Å²) in [4.78, 5) is 122. The summed E-state index contributed by atoms with van der Waals surface area (Å²) in [5, 5.41) is 0. The van der Waals surface area contributed by atoms with E-state index in [-0.39, 0.29) is 125 Å². The van der Waals surface area contributed by atoms with Gasteiger partial charge in [0.25, 0.3) is 0 Å². The maximum absolute atomic E-state index is 13.3. The van der Waals surface area contributed by atoms with Gasteiger partial charge in [0.05, 0.1) is 6.10 Å². The first-order valence-corrected chi connectivity index (χ1v) is 59.4. The number of allylic oxidation sites excluding steroid dienone is 5. The Bertz CT molecular complexity index is 5140. The van der Waals surface area contributed by atoms with Crippen molar-refractivity contribution in [2.75, 3.05) is 20.4 Å². The van der Waals surface area contributed by atoms with Crippen molar-refractivity contribution in [3.8, 4) is 0 Å². The van der Waals surface area contributed by atoms with Crippen LogP contribution >= 0.6 is 0 Å². The summed E-state index contributed by atoms with van der Waals surface area (Å²) < 4.78 is 33.3. The van der Waals surface area contributed by atoms with E-state index in [9.17, 15) is 47.9 Å². The van der Waals surface area contributed by atoms with Gasteiger partial charge < -0.3 is 34.2 Å². The first-order valence-electron chi connectivity index (χ1n) is 59.4. The number of fused-ring (bicyclic) bond motifs is 29. The van der Waals surface area contributed by atoms with Gasteiger partial charge in [0.15, 0.2) is 0 Å². The Hall–Kier alpha value is -5.52. The number of methoxy groups -OCH3 is 1. The minimum Gasteiger partial charge on any atom is -0.462 e. The van der Waals surface area contributed by atoms with Crippen molar-refractivity contribution in [1.29, 1.82) is 0 Å². The molecule has 0 aromatic rings. The second-order valence-electron chi connectivity index (χ2n) is 56.3. The third kappa shape index (κ3) is 17.7. The zero-order chi connectivity index (χ0) is 104. The lowest BCUT2D eigenvalue weighted by molar-refractivity contribution is -0.153. The van der Waals surface area contributed by atoms with Crippen molar-refractivity contribution >= 4 is 58.6 Å². The number of ether oxygens (including phenoxy) is 6. The van der Waals surface area contributed by atoms with E-state index in [2.05, 4.69) is 120 Å². The zero-order valence-electron chi connectivity index (χ0n) is 94.4. The van der Waals surface area contributed by atoms with Crippen LogP contribution < -0.4 is 5.73 Å². The van der Waals surface area contributed by atoms with Crippen LogP contribution in [0.5, 0.6) is 0 Å². The van der Waals surface area contributed by atoms with E-state index in [4.69, 9.17) is 34.2 Å². The van der Waals surface area contributed by atoms with E-state index < -0.39 is 0 Å². The van der Waals surface area contributed by atoms with Crippen molar-refractivity contribution in [2.45, 2.75) is 459 Å². The van der Waals surface area contributed by atoms with Gasteiger partial charge in [-0.1, -0.05) is 155 Å². The molecule has 22 aliphatic carbocycles. The van der Waals surface area contributed by atoms with Gasteiger partial charge in [-0.25, -0.2) is 0 Å². The van der Waals surface area contributed by atoms with Crippen LogP contribution in [0.15, 0.2) is 58.2 Å². The number of ketones is 6. The molecule has 806 valence electrons. The SMILES string of the molecule is CC(=O)OC1CCC2(C)C(=CCC3C2CCC2(C)C3CC3CC(=O)CCC32C(C)=O)C1.CC(=O)OC1CC[C@@]2(C)C(=CCC3C2CC[C@@]2(C)C3CC3C[C@@H](CN)CC[C@]32C(C)=O)C1.CC(=O)O[C@H]1CC[C@@]2(C)C(=CCC3C2CC[C@@]2(C)C3C[C@@H](C)[C@]2(C)C(C)=O)C1.CC[C@@H]1CC2C3CC=C4C[C@@H](OC(C)=O)CC[C@]4(C)C3CC[C@]2(C)[C@H]1C(C)=O.COCOC1CCC2(C)C(=CCC3C2CCC2(C)C(C(C)=O)CCC32)C1. The standard InChI is InChI=1S/C28H43NO3.C27H38O4.2C25H38O3.C23H36O3/c1-17(30)28-12-7-19(16-29)13-21(28)15-25-23-6-5-20-14-22(32-18(2)31)8-10-26(20,3)24(23)9-11-27(25,28)4;1-16(28)27-12-7-20(30)13-19(27)15-24-22-6-5-18-14-21(31-17(2)29)8-10-25(18,3)23(22)9-11-26(24,27)4;1-15-13-22-20-8-7-18-14-19(28-17(3)27)9-11-23(18,4)21(20)10-12-24(22,5)25(15,6)16(2)26;1-6-17-13-22-20-8-7-18-14-19(28-16(3)27)9-11-24(18,4)21(20)10-12-25(22,5)23(17)15(2)26;1-15(24)19-7-8-20-18-6-5-16-13-17(26-14-25-4)9-11-22(16,2)21(18)10-12-23(19,20)3/h5,19,21-25H,6-16,29H2,1-4H3;5,19,21-24H,6-15H2,1-4H3;7,15,19-22H,8-14H2,1-6H3;7,17,19-23H,6,8-14H2,1-5H3;5,17-21H,6-14H2,1-4H3/t19-,21?,22?,23?,24?,25?,26-,27-,28-;;15-,19+,20?,21?,22?,23+,24+,25-;17-,19+,20?,21?,22?,23+,24+,25+;/m0.11./s1. The predicted molar refractivity (Wildman–Crippen MR) is 568 cm³/mol. The fraction of sp³-hybridized carbons (Fsp3) is 0.844. The predicted octanol–water partition coefficient (Wildman–Crippen LogP) is 27.5. The second-order valence-corrected chi connectivity index (χ2v) is 56.3. The zero-order valence-corrected chi connectivity index (χ0v) is 94.4. The highest BCUT2D eigenvalue weighted by Gasteiger charge is 2.74. The van der Waals surface area contributed by atoms with E-state index in [1.807, 2.05) is 27.7 Å². The van der Waals surface area contributed by atoms with E-state index in [0.717, 1.165) is 203 Å². The average molecular weight is 2000 g/mol. The Balaban J connectivity index is 0.000000119. The lowest BCUT2D eigenvalue weighted by Crippen LogP contribution is -2.55. The molecule has 0 aromatic heterocycles. The van der Waals surface area contributed by atoms with Crippen molar-refractivity contribution in [3.63, 3.8) is 0 Å². The molecule has 0 heterocycles. The van der Waals surface area contributed by atoms with Gasteiger partial charge >= 0.3 is 23.9 Å². The molecule has 22 aliphatic rings. The maximum Gasteiger partial charge on any atom is 0.302 e. The number of hydrogen-bond donors (Lipinski definition) is 1. The molecule has 0 spiro atoms. The van der Waals surface area contributed by atoms with E-state index in [1.165, 1.54) is 135 Å². The van der Waals surface area contributed by atoms with Gasteiger partial charge in [-0.05, 0) is 445 Å². The van der Waals surface area contributed by atoms with E-state index in [1.54, 1.807) is 30.8 Å². The molecule has 26 unspecified atom stereocenters. The molecule has 145 heavy (non-hydrogen) atoms. The quantitative estimate of drug-likeness (QED) is 0.0734. The van der Waals surface area contributed by atoms with E-state index in [0.29, 0.717) is 155 Å². The van der Waals surface area contributed by atoms with Gasteiger partial charge in [-0.3, -0.25) is 47.9 Å². The fourth-order valence-electron chi connectivity index (χ4n) is 43.9. The molecule has 17 nitrogen and oxygen atoms in total.